The second kappa shape index (κ2) is 10.0. The molecule has 0 bridgehead atoms. The van der Waals surface area contributed by atoms with Gasteiger partial charge in [0, 0.05) is 41.3 Å². The predicted octanol–water partition coefficient (Wildman–Crippen LogP) is 6.28. The summed E-state index contributed by atoms with van der Waals surface area (Å²) in [5, 5.41) is 5.95. The standard InChI is InChI=1S/C25H22ClF2N3O2/c26-19-6-9-21(10-7-19)29-25(33)31-12-2-5-18(15-31)16-3-1-4-17(13-16)24(32)30-23-11-8-20(27)14-22(23)28/h1,3-4,6-11,13-14,18H,2,5,12,15H2,(H,29,33)(H,30,32)/t18-/m1/s1. The lowest BCUT2D eigenvalue weighted by Crippen LogP contribution is -2.41. The molecule has 1 saturated heterocycles. The number of amides is 3. The lowest BCUT2D eigenvalue weighted by molar-refractivity contribution is 0.102. The molecule has 1 aliphatic rings. The van der Waals surface area contributed by atoms with E-state index < -0.39 is 17.5 Å². The SMILES string of the molecule is O=C(Nc1ccc(F)cc1F)c1cccc([C@@H]2CCCN(C(=O)Nc3ccc(Cl)cc3)C2)c1. The summed E-state index contributed by atoms with van der Waals surface area (Å²) in [4.78, 5) is 27.1. The lowest BCUT2D eigenvalue weighted by atomic mass is 9.89. The largest absolute Gasteiger partial charge is 0.324 e. The number of hydrogen-bond acceptors (Lipinski definition) is 2. The van der Waals surface area contributed by atoms with E-state index in [0.717, 1.165) is 30.5 Å². The van der Waals surface area contributed by atoms with Gasteiger partial charge in [-0.05, 0) is 66.9 Å². The molecule has 0 aromatic heterocycles. The summed E-state index contributed by atoms with van der Waals surface area (Å²) in [6, 6.07) is 16.8. The van der Waals surface area contributed by atoms with E-state index in [9.17, 15) is 18.4 Å². The number of hydrogen-bond donors (Lipinski definition) is 2. The molecular formula is C25H22ClF2N3O2. The van der Waals surface area contributed by atoms with Crippen molar-refractivity contribution in [2.75, 3.05) is 23.7 Å². The molecule has 8 heteroatoms. The van der Waals surface area contributed by atoms with Gasteiger partial charge < -0.3 is 15.5 Å². The molecule has 0 aliphatic carbocycles. The summed E-state index contributed by atoms with van der Waals surface area (Å²) >= 11 is 5.89. The molecule has 3 aromatic carbocycles. The number of nitrogens with one attached hydrogen (secondary N) is 2. The fraction of sp³-hybridized carbons (Fsp3) is 0.200. The van der Waals surface area contributed by atoms with E-state index in [-0.39, 0.29) is 17.6 Å². The van der Waals surface area contributed by atoms with Crippen LogP contribution in [0.25, 0.3) is 0 Å². The van der Waals surface area contributed by atoms with Gasteiger partial charge in [-0.2, -0.15) is 0 Å². The zero-order valence-electron chi connectivity index (χ0n) is 17.7. The summed E-state index contributed by atoms with van der Waals surface area (Å²) in [5.41, 5.74) is 1.86. The summed E-state index contributed by atoms with van der Waals surface area (Å²) in [6.07, 6.45) is 1.71. The Morgan fingerprint density at radius 3 is 2.52 bits per heavy atom. The first-order chi connectivity index (χ1) is 15.9. The molecule has 3 amide bonds. The number of piperidine rings is 1. The van der Waals surface area contributed by atoms with Gasteiger partial charge >= 0.3 is 6.03 Å². The van der Waals surface area contributed by atoms with Crippen molar-refractivity contribution in [1.82, 2.24) is 4.90 Å². The van der Waals surface area contributed by atoms with Crippen molar-refractivity contribution >= 4 is 34.9 Å². The topological polar surface area (TPSA) is 61.4 Å². The number of nitrogens with zero attached hydrogens (tertiary/aromatic N) is 1. The van der Waals surface area contributed by atoms with Crippen LogP contribution in [0.15, 0.2) is 66.7 Å². The first-order valence-electron chi connectivity index (χ1n) is 10.6. The van der Waals surface area contributed by atoms with Crippen molar-refractivity contribution < 1.29 is 18.4 Å². The van der Waals surface area contributed by atoms with Crippen LogP contribution in [0, 0.1) is 11.6 Å². The molecule has 0 saturated carbocycles. The van der Waals surface area contributed by atoms with E-state index in [1.807, 2.05) is 6.07 Å². The molecule has 0 unspecified atom stereocenters. The Kier molecular flexibility index (Phi) is 6.89. The van der Waals surface area contributed by atoms with Crippen molar-refractivity contribution in [2.45, 2.75) is 18.8 Å². The van der Waals surface area contributed by atoms with Crippen LogP contribution in [-0.4, -0.2) is 29.9 Å². The van der Waals surface area contributed by atoms with E-state index in [4.69, 9.17) is 11.6 Å². The van der Waals surface area contributed by atoms with Crippen molar-refractivity contribution in [3.63, 3.8) is 0 Å². The molecule has 170 valence electrons. The summed E-state index contributed by atoms with van der Waals surface area (Å²) in [5.74, 6) is -1.98. The third kappa shape index (κ3) is 5.68. The van der Waals surface area contributed by atoms with E-state index in [2.05, 4.69) is 10.6 Å². The number of carbonyl (C=O) groups excluding carboxylic acids is 2. The number of carbonyl (C=O) groups is 2. The van der Waals surface area contributed by atoms with Gasteiger partial charge in [-0.25, -0.2) is 13.6 Å². The number of urea groups is 1. The Balaban J connectivity index is 1.43. The monoisotopic (exact) mass is 469 g/mol. The minimum Gasteiger partial charge on any atom is -0.324 e. The van der Waals surface area contributed by atoms with Crippen LogP contribution in [0.3, 0.4) is 0 Å². The van der Waals surface area contributed by atoms with Gasteiger partial charge in [0.25, 0.3) is 5.91 Å². The molecule has 4 rings (SSSR count). The number of rotatable bonds is 4. The van der Waals surface area contributed by atoms with Gasteiger partial charge in [0.2, 0.25) is 0 Å². The van der Waals surface area contributed by atoms with Gasteiger partial charge in [0.1, 0.15) is 11.6 Å². The molecule has 1 heterocycles. The normalized spacial score (nSPS) is 15.7. The average Bonchev–Trinajstić information content (AvgIpc) is 2.82. The third-order valence-electron chi connectivity index (χ3n) is 5.60. The maximum atomic E-state index is 13.9. The molecule has 0 spiro atoms. The highest BCUT2D eigenvalue weighted by Crippen LogP contribution is 2.28. The summed E-state index contributed by atoms with van der Waals surface area (Å²) < 4.78 is 27.0. The molecule has 1 fully saturated rings. The molecular weight excluding hydrogens is 448 g/mol. The maximum absolute atomic E-state index is 13.9. The number of likely N-dealkylation sites (tertiary alicyclic amines) is 1. The highest BCUT2D eigenvalue weighted by molar-refractivity contribution is 6.30. The molecule has 1 atom stereocenters. The van der Waals surface area contributed by atoms with Crippen molar-refractivity contribution in [2.24, 2.45) is 0 Å². The molecule has 2 N–H and O–H groups in total. The quantitative estimate of drug-likeness (QED) is 0.472. The van der Waals surface area contributed by atoms with E-state index in [1.54, 1.807) is 47.4 Å². The zero-order chi connectivity index (χ0) is 23.4. The first-order valence-corrected chi connectivity index (χ1v) is 10.9. The molecule has 33 heavy (non-hydrogen) atoms. The van der Waals surface area contributed by atoms with Crippen LogP contribution >= 0.6 is 11.6 Å². The zero-order valence-corrected chi connectivity index (χ0v) is 18.4. The molecule has 1 aliphatic heterocycles. The van der Waals surface area contributed by atoms with Crippen LogP contribution < -0.4 is 10.6 Å². The summed E-state index contributed by atoms with van der Waals surface area (Å²) in [6.45, 7) is 1.15. The van der Waals surface area contributed by atoms with Gasteiger partial charge in [-0.15, -0.1) is 0 Å². The highest BCUT2D eigenvalue weighted by Gasteiger charge is 2.25. The first kappa shape index (κ1) is 22.7. The Bertz CT molecular complexity index is 1170. The predicted molar refractivity (Wildman–Crippen MR) is 125 cm³/mol. The van der Waals surface area contributed by atoms with E-state index in [0.29, 0.717) is 29.4 Å². The van der Waals surface area contributed by atoms with Crippen molar-refractivity contribution in [1.29, 1.82) is 0 Å². The van der Waals surface area contributed by atoms with Crippen LogP contribution in [0.2, 0.25) is 5.02 Å². The van der Waals surface area contributed by atoms with Crippen LogP contribution in [0.5, 0.6) is 0 Å². The van der Waals surface area contributed by atoms with Gasteiger partial charge in [0.15, 0.2) is 0 Å². The number of benzene rings is 3. The van der Waals surface area contributed by atoms with Gasteiger partial charge in [0.05, 0.1) is 5.69 Å². The van der Waals surface area contributed by atoms with Crippen LogP contribution in [-0.2, 0) is 0 Å². The molecule has 5 nitrogen and oxygen atoms in total. The average molecular weight is 470 g/mol. The second-order valence-electron chi connectivity index (χ2n) is 7.93. The Hall–Kier alpha value is -3.45. The van der Waals surface area contributed by atoms with E-state index in [1.165, 1.54) is 6.07 Å². The van der Waals surface area contributed by atoms with Gasteiger partial charge in [-0.3, -0.25) is 4.79 Å². The van der Waals surface area contributed by atoms with Gasteiger partial charge in [-0.1, -0.05) is 23.7 Å². The third-order valence-corrected chi connectivity index (χ3v) is 5.86. The lowest BCUT2D eigenvalue weighted by Gasteiger charge is -2.33. The van der Waals surface area contributed by atoms with Crippen molar-refractivity contribution in [3.05, 3.63) is 94.5 Å². The second-order valence-corrected chi connectivity index (χ2v) is 8.36. The summed E-state index contributed by atoms with van der Waals surface area (Å²) in [7, 11) is 0. The Morgan fingerprint density at radius 1 is 0.970 bits per heavy atom. The Morgan fingerprint density at radius 2 is 1.76 bits per heavy atom. The fourth-order valence-electron chi connectivity index (χ4n) is 3.89. The molecule has 0 radical (unpaired) electrons. The number of halogens is 3. The minimum absolute atomic E-state index is 0.0602. The van der Waals surface area contributed by atoms with Crippen molar-refractivity contribution in [3.8, 4) is 0 Å². The Labute approximate surface area is 195 Å². The van der Waals surface area contributed by atoms with E-state index >= 15 is 0 Å². The number of anilines is 2. The maximum Gasteiger partial charge on any atom is 0.321 e. The minimum atomic E-state index is -0.839. The fourth-order valence-corrected chi connectivity index (χ4v) is 4.01. The van der Waals surface area contributed by atoms with Crippen LogP contribution in [0.1, 0.15) is 34.7 Å². The molecule has 3 aromatic rings. The van der Waals surface area contributed by atoms with Crippen LogP contribution in [0.4, 0.5) is 25.0 Å². The highest BCUT2D eigenvalue weighted by atomic mass is 35.5. The smallest absolute Gasteiger partial charge is 0.321 e.